The molecule has 6 heteroatoms. The molecule has 0 saturated heterocycles. The summed E-state index contributed by atoms with van der Waals surface area (Å²) < 4.78 is 6.14. The fraction of sp³-hybridized carbons (Fsp3) is 0.227. The molecule has 1 aliphatic rings. The molecule has 0 radical (unpaired) electrons. The summed E-state index contributed by atoms with van der Waals surface area (Å²) in [5.74, 6) is 0.733. The van der Waals surface area contributed by atoms with Crippen molar-refractivity contribution >= 4 is 11.6 Å². The van der Waals surface area contributed by atoms with Crippen molar-refractivity contribution in [1.29, 1.82) is 0 Å². The molecule has 4 rings (SSSR count). The van der Waals surface area contributed by atoms with E-state index in [1.165, 1.54) is 0 Å². The average Bonchev–Trinajstić information content (AvgIpc) is 3.16. The lowest BCUT2D eigenvalue weighted by Gasteiger charge is -2.14. The summed E-state index contributed by atoms with van der Waals surface area (Å²) in [6, 6.07) is 13.6. The number of fused-ring (bicyclic) bond motifs is 1. The number of para-hydroxylation sites is 1. The van der Waals surface area contributed by atoms with E-state index in [1.807, 2.05) is 55.4 Å². The maximum Gasteiger partial charge on any atom is 0.251 e. The van der Waals surface area contributed by atoms with Gasteiger partial charge in [0.15, 0.2) is 0 Å². The summed E-state index contributed by atoms with van der Waals surface area (Å²) in [6.07, 6.45) is 5.70. The van der Waals surface area contributed by atoms with Gasteiger partial charge in [-0.2, -0.15) is 0 Å². The molecule has 0 unspecified atom stereocenters. The molecule has 0 aliphatic carbocycles. The monoisotopic (exact) mass is 374 g/mol. The van der Waals surface area contributed by atoms with Crippen LogP contribution in [0.2, 0.25) is 0 Å². The number of aromatic nitrogens is 2. The second-order valence-corrected chi connectivity index (χ2v) is 6.98. The van der Waals surface area contributed by atoms with E-state index in [0.29, 0.717) is 12.1 Å². The molecule has 0 spiro atoms. The molecule has 0 bridgehead atoms. The number of rotatable bonds is 5. The summed E-state index contributed by atoms with van der Waals surface area (Å²) in [5.41, 5.74) is 4.53. The third kappa shape index (κ3) is 3.67. The molecule has 2 aromatic carbocycles. The SMILES string of the molecule is CN(C)c1ccc(C(=O)NC[C@H]2Cc3cccc(-c4cnccn4)c3O2)cc1. The van der Waals surface area contributed by atoms with Crippen LogP contribution in [0, 0.1) is 0 Å². The lowest BCUT2D eigenvalue weighted by atomic mass is 10.0. The Hall–Kier alpha value is -3.41. The van der Waals surface area contributed by atoms with E-state index in [0.717, 1.165) is 34.7 Å². The highest BCUT2D eigenvalue weighted by atomic mass is 16.5. The molecular formula is C22H22N4O2. The number of benzene rings is 2. The minimum atomic E-state index is -0.0992. The fourth-order valence-corrected chi connectivity index (χ4v) is 3.31. The topological polar surface area (TPSA) is 67.4 Å². The van der Waals surface area contributed by atoms with E-state index in [9.17, 15) is 4.79 Å². The first-order valence-electron chi connectivity index (χ1n) is 9.22. The number of carbonyl (C=O) groups excluding carboxylic acids is 1. The first-order chi connectivity index (χ1) is 13.6. The van der Waals surface area contributed by atoms with Crippen LogP contribution in [0.4, 0.5) is 5.69 Å². The Morgan fingerprint density at radius 3 is 2.71 bits per heavy atom. The third-order valence-corrected chi connectivity index (χ3v) is 4.80. The zero-order valence-electron chi connectivity index (χ0n) is 15.9. The van der Waals surface area contributed by atoms with Crippen LogP contribution >= 0.6 is 0 Å². The average molecular weight is 374 g/mol. The maximum atomic E-state index is 12.4. The van der Waals surface area contributed by atoms with Crippen molar-refractivity contribution in [3.63, 3.8) is 0 Å². The smallest absolute Gasteiger partial charge is 0.251 e. The molecule has 1 amide bonds. The van der Waals surface area contributed by atoms with Gasteiger partial charge in [-0.25, -0.2) is 0 Å². The standard InChI is InChI=1S/C22H22N4O2/c1-26(2)17-8-6-15(7-9-17)22(27)25-13-18-12-16-4-3-5-19(21(16)28-18)20-14-23-10-11-24-20/h3-11,14,18H,12-13H2,1-2H3,(H,25,27)/t18-/m1/s1. The molecule has 3 aromatic rings. The van der Waals surface area contributed by atoms with Crippen LogP contribution in [0.1, 0.15) is 15.9 Å². The number of anilines is 1. The summed E-state index contributed by atoms with van der Waals surface area (Å²) in [6.45, 7) is 0.447. The van der Waals surface area contributed by atoms with Crippen molar-refractivity contribution < 1.29 is 9.53 Å². The second-order valence-electron chi connectivity index (χ2n) is 6.98. The van der Waals surface area contributed by atoms with E-state index in [2.05, 4.69) is 21.4 Å². The number of nitrogens with zero attached hydrogens (tertiary/aromatic N) is 3. The largest absolute Gasteiger partial charge is 0.487 e. The molecule has 6 nitrogen and oxygen atoms in total. The number of amides is 1. The van der Waals surface area contributed by atoms with E-state index in [1.54, 1.807) is 18.6 Å². The number of nitrogens with one attached hydrogen (secondary N) is 1. The van der Waals surface area contributed by atoms with Crippen molar-refractivity contribution in [3.05, 3.63) is 72.2 Å². The van der Waals surface area contributed by atoms with E-state index in [4.69, 9.17) is 4.74 Å². The Kier molecular flexibility index (Phi) is 4.93. The number of ether oxygens (including phenoxy) is 1. The molecule has 2 heterocycles. The fourth-order valence-electron chi connectivity index (χ4n) is 3.31. The quantitative estimate of drug-likeness (QED) is 0.744. The number of hydrogen-bond acceptors (Lipinski definition) is 5. The van der Waals surface area contributed by atoms with Crippen molar-refractivity contribution in [3.8, 4) is 17.0 Å². The molecule has 142 valence electrons. The van der Waals surface area contributed by atoms with Gasteiger partial charge < -0.3 is 15.0 Å². The molecule has 0 fully saturated rings. The Bertz CT molecular complexity index is 972. The molecule has 1 N–H and O–H groups in total. The van der Waals surface area contributed by atoms with Gasteiger partial charge in [-0.05, 0) is 35.9 Å². The Balaban J connectivity index is 1.41. The van der Waals surface area contributed by atoms with Crippen LogP contribution in [0.3, 0.4) is 0 Å². The summed E-state index contributed by atoms with van der Waals surface area (Å²) >= 11 is 0. The van der Waals surface area contributed by atoms with Gasteiger partial charge >= 0.3 is 0 Å². The van der Waals surface area contributed by atoms with Crippen LogP contribution in [-0.4, -0.2) is 42.6 Å². The zero-order valence-corrected chi connectivity index (χ0v) is 15.9. The lowest BCUT2D eigenvalue weighted by molar-refractivity contribution is 0.0933. The first kappa shape index (κ1) is 18.0. The molecule has 28 heavy (non-hydrogen) atoms. The summed E-state index contributed by atoms with van der Waals surface area (Å²) in [5, 5.41) is 2.98. The normalized spacial score (nSPS) is 14.9. The lowest BCUT2D eigenvalue weighted by Crippen LogP contribution is -2.34. The Morgan fingerprint density at radius 2 is 2.00 bits per heavy atom. The van der Waals surface area contributed by atoms with Gasteiger partial charge in [0.2, 0.25) is 0 Å². The van der Waals surface area contributed by atoms with E-state index in [-0.39, 0.29) is 12.0 Å². The van der Waals surface area contributed by atoms with Crippen LogP contribution in [0.5, 0.6) is 5.75 Å². The molecule has 1 aliphatic heterocycles. The van der Waals surface area contributed by atoms with Gasteiger partial charge in [0.1, 0.15) is 11.9 Å². The predicted octanol–water partition coefficient (Wildman–Crippen LogP) is 2.94. The molecule has 0 saturated carbocycles. The van der Waals surface area contributed by atoms with Crippen molar-refractivity contribution in [2.45, 2.75) is 12.5 Å². The minimum absolute atomic E-state index is 0.0981. The molecule has 1 aromatic heterocycles. The van der Waals surface area contributed by atoms with Crippen LogP contribution in [0.15, 0.2) is 61.1 Å². The van der Waals surface area contributed by atoms with E-state index >= 15 is 0 Å². The van der Waals surface area contributed by atoms with Gasteiger partial charge in [0.05, 0.1) is 18.4 Å². The van der Waals surface area contributed by atoms with Gasteiger partial charge in [0, 0.05) is 49.7 Å². The van der Waals surface area contributed by atoms with E-state index < -0.39 is 0 Å². The number of hydrogen-bond donors (Lipinski definition) is 1. The highest BCUT2D eigenvalue weighted by Crippen LogP contribution is 2.37. The predicted molar refractivity (Wildman–Crippen MR) is 109 cm³/mol. The second kappa shape index (κ2) is 7.68. The van der Waals surface area contributed by atoms with Gasteiger partial charge in [-0.15, -0.1) is 0 Å². The zero-order chi connectivity index (χ0) is 19.5. The van der Waals surface area contributed by atoms with Crippen LogP contribution < -0.4 is 15.0 Å². The van der Waals surface area contributed by atoms with Crippen molar-refractivity contribution in [1.82, 2.24) is 15.3 Å². The van der Waals surface area contributed by atoms with Gasteiger partial charge in [-0.1, -0.05) is 12.1 Å². The third-order valence-electron chi connectivity index (χ3n) is 4.80. The highest BCUT2D eigenvalue weighted by molar-refractivity contribution is 5.94. The summed E-state index contributed by atoms with van der Waals surface area (Å²) in [4.78, 5) is 23.0. The van der Waals surface area contributed by atoms with Crippen molar-refractivity contribution in [2.24, 2.45) is 0 Å². The van der Waals surface area contributed by atoms with Crippen LogP contribution in [-0.2, 0) is 6.42 Å². The Labute approximate surface area is 164 Å². The summed E-state index contributed by atoms with van der Waals surface area (Å²) in [7, 11) is 3.94. The highest BCUT2D eigenvalue weighted by Gasteiger charge is 2.26. The Morgan fingerprint density at radius 1 is 1.18 bits per heavy atom. The van der Waals surface area contributed by atoms with Crippen LogP contribution in [0.25, 0.3) is 11.3 Å². The number of carbonyl (C=O) groups is 1. The molecular weight excluding hydrogens is 352 g/mol. The maximum absolute atomic E-state index is 12.4. The van der Waals surface area contributed by atoms with Gasteiger partial charge in [-0.3, -0.25) is 14.8 Å². The minimum Gasteiger partial charge on any atom is -0.487 e. The molecule has 1 atom stereocenters. The van der Waals surface area contributed by atoms with Crippen molar-refractivity contribution in [2.75, 3.05) is 25.5 Å². The first-order valence-corrected chi connectivity index (χ1v) is 9.22. The van der Waals surface area contributed by atoms with Gasteiger partial charge in [0.25, 0.3) is 5.91 Å².